The van der Waals surface area contributed by atoms with Crippen LogP contribution in [0.5, 0.6) is 0 Å². The molecule has 4 rings (SSSR count). The molecule has 1 nitrogen and oxygen atoms in total. The maximum atomic E-state index is 3.79. The van der Waals surface area contributed by atoms with Crippen molar-refractivity contribution in [1.82, 2.24) is 5.32 Å². The molecule has 90 valence electrons. The number of nitrogens with one attached hydrogen (secondary N) is 1. The van der Waals surface area contributed by atoms with Gasteiger partial charge in [-0.05, 0) is 47.7 Å². The summed E-state index contributed by atoms with van der Waals surface area (Å²) < 4.78 is 1.16. The van der Waals surface area contributed by atoms with Gasteiger partial charge < -0.3 is 0 Å². The highest BCUT2D eigenvalue weighted by Crippen LogP contribution is 2.48. The van der Waals surface area contributed by atoms with Crippen molar-refractivity contribution < 1.29 is 0 Å². The van der Waals surface area contributed by atoms with Gasteiger partial charge in [-0.1, -0.05) is 46.3 Å². The lowest BCUT2D eigenvalue weighted by Crippen LogP contribution is -2.41. The summed E-state index contributed by atoms with van der Waals surface area (Å²) in [4.78, 5) is 0. The monoisotopic (exact) mass is 299 g/mol. The van der Waals surface area contributed by atoms with Crippen molar-refractivity contribution in [3.63, 3.8) is 0 Å². The maximum absolute atomic E-state index is 3.79. The molecular weight excluding hydrogens is 286 g/mol. The second-order valence-corrected chi connectivity index (χ2v) is 6.33. The summed E-state index contributed by atoms with van der Waals surface area (Å²) in [5.41, 5.74) is 5.76. The largest absolute Gasteiger partial charge is 0.297 e. The first kappa shape index (κ1) is 10.8. The lowest BCUT2D eigenvalue weighted by molar-refractivity contribution is 0.389. The molecule has 0 saturated carbocycles. The SMILES string of the molecule is C[C@@]12N[C@@H](Cc3ccccc31)c1ccc(Br)cc12. The Morgan fingerprint density at radius 2 is 2.00 bits per heavy atom. The summed E-state index contributed by atoms with van der Waals surface area (Å²) in [6.07, 6.45) is 1.10. The van der Waals surface area contributed by atoms with Crippen molar-refractivity contribution in [1.29, 1.82) is 0 Å². The van der Waals surface area contributed by atoms with Gasteiger partial charge in [-0.15, -0.1) is 0 Å². The van der Waals surface area contributed by atoms with E-state index in [-0.39, 0.29) is 5.54 Å². The summed E-state index contributed by atoms with van der Waals surface area (Å²) in [6.45, 7) is 2.30. The first-order chi connectivity index (χ1) is 8.68. The average Bonchev–Trinajstić information content (AvgIpc) is 2.59. The van der Waals surface area contributed by atoms with Crippen molar-refractivity contribution in [3.8, 4) is 0 Å². The van der Waals surface area contributed by atoms with Gasteiger partial charge in [0.05, 0.1) is 5.54 Å². The number of benzene rings is 2. The zero-order valence-corrected chi connectivity index (χ0v) is 11.8. The molecule has 0 fully saturated rings. The Hall–Kier alpha value is -1.12. The Kier molecular flexibility index (Phi) is 2.07. The van der Waals surface area contributed by atoms with Crippen LogP contribution in [0, 0.1) is 0 Å². The molecule has 2 aliphatic heterocycles. The summed E-state index contributed by atoms with van der Waals surface area (Å²) in [6, 6.07) is 16.0. The van der Waals surface area contributed by atoms with Crippen LogP contribution in [-0.4, -0.2) is 0 Å². The molecule has 2 heterocycles. The van der Waals surface area contributed by atoms with Crippen LogP contribution in [0.3, 0.4) is 0 Å². The van der Waals surface area contributed by atoms with Gasteiger partial charge in [0.25, 0.3) is 0 Å². The minimum atomic E-state index is -0.0291. The third kappa shape index (κ3) is 1.25. The molecule has 0 amide bonds. The highest BCUT2D eigenvalue weighted by Gasteiger charge is 2.45. The van der Waals surface area contributed by atoms with Crippen LogP contribution in [0.4, 0.5) is 0 Å². The summed E-state index contributed by atoms with van der Waals surface area (Å²) in [5.74, 6) is 0. The normalized spacial score (nSPS) is 27.8. The van der Waals surface area contributed by atoms with Crippen molar-refractivity contribution in [2.75, 3.05) is 0 Å². The van der Waals surface area contributed by atoms with Crippen LogP contribution < -0.4 is 5.32 Å². The highest BCUT2D eigenvalue weighted by molar-refractivity contribution is 9.10. The Labute approximate surface area is 115 Å². The molecule has 2 bridgehead atoms. The number of hydrogen-bond acceptors (Lipinski definition) is 1. The third-order valence-corrected chi connectivity index (χ3v) is 4.87. The van der Waals surface area contributed by atoms with E-state index >= 15 is 0 Å². The van der Waals surface area contributed by atoms with Crippen LogP contribution in [0.1, 0.15) is 35.2 Å². The number of hydrogen-bond donors (Lipinski definition) is 1. The van der Waals surface area contributed by atoms with E-state index in [9.17, 15) is 0 Å². The van der Waals surface area contributed by atoms with Gasteiger partial charge in [0.1, 0.15) is 0 Å². The molecule has 18 heavy (non-hydrogen) atoms. The van der Waals surface area contributed by atoms with Crippen LogP contribution in [0.25, 0.3) is 0 Å². The van der Waals surface area contributed by atoms with E-state index in [2.05, 4.69) is 70.6 Å². The molecule has 0 saturated heterocycles. The lowest BCUT2D eigenvalue weighted by Gasteiger charge is -2.34. The van der Waals surface area contributed by atoms with Crippen LogP contribution >= 0.6 is 15.9 Å². The number of rotatable bonds is 0. The molecule has 2 atom stereocenters. The van der Waals surface area contributed by atoms with E-state index in [1.54, 1.807) is 0 Å². The van der Waals surface area contributed by atoms with Gasteiger partial charge in [0.15, 0.2) is 0 Å². The molecule has 2 heteroatoms. The van der Waals surface area contributed by atoms with Crippen LogP contribution in [0.15, 0.2) is 46.9 Å². The molecule has 1 N–H and O–H groups in total. The van der Waals surface area contributed by atoms with Gasteiger partial charge in [-0.3, -0.25) is 5.32 Å². The highest BCUT2D eigenvalue weighted by atomic mass is 79.9. The fraction of sp³-hybridized carbons (Fsp3) is 0.250. The van der Waals surface area contributed by atoms with Crippen molar-refractivity contribution >= 4 is 15.9 Å². The standard InChI is InChI=1S/C16H14BrN/c1-16-13-5-3-2-4-10(13)8-15(18-16)12-7-6-11(17)9-14(12)16/h2-7,9,15,18H,8H2,1H3/t15-,16+/m0/s1. The number of fused-ring (bicyclic) bond motifs is 7. The summed E-state index contributed by atoms with van der Waals surface area (Å²) in [7, 11) is 0. The van der Waals surface area contributed by atoms with E-state index < -0.39 is 0 Å². The Bertz CT molecular complexity index is 649. The molecule has 0 aromatic heterocycles. The van der Waals surface area contributed by atoms with E-state index in [0.29, 0.717) is 6.04 Å². The summed E-state index contributed by atoms with van der Waals surface area (Å²) >= 11 is 3.60. The lowest BCUT2D eigenvalue weighted by atomic mass is 9.82. The molecule has 0 spiro atoms. The Morgan fingerprint density at radius 1 is 1.17 bits per heavy atom. The third-order valence-electron chi connectivity index (χ3n) is 4.37. The second kappa shape index (κ2) is 3.46. The van der Waals surface area contributed by atoms with Crippen molar-refractivity contribution in [2.45, 2.75) is 24.9 Å². The van der Waals surface area contributed by atoms with Crippen LogP contribution in [0.2, 0.25) is 0 Å². The zero-order valence-electron chi connectivity index (χ0n) is 10.2. The second-order valence-electron chi connectivity index (χ2n) is 5.41. The molecular formula is C16H14BrN. The van der Waals surface area contributed by atoms with E-state index in [1.165, 1.54) is 22.3 Å². The van der Waals surface area contributed by atoms with Gasteiger partial charge in [0, 0.05) is 10.5 Å². The fourth-order valence-corrected chi connectivity index (χ4v) is 3.92. The predicted molar refractivity (Wildman–Crippen MR) is 76.6 cm³/mol. The molecule has 0 aliphatic carbocycles. The van der Waals surface area contributed by atoms with Crippen LogP contribution in [-0.2, 0) is 12.0 Å². The first-order valence-corrected chi connectivity index (χ1v) is 7.14. The van der Waals surface area contributed by atoms with Gasteiger partial charge >= 0.3 is 0 Å². The van der Waals surface area contributed by atoms with E-state index in [0.717, 1.165) is 10.9 Å². The first-order valence-electron chi connectivity index (χ1n) is 6.34. The van der Waals surface area contributed by atoms with E-state index in [4.69, 9.17) is 0 Å². The average molecular weight is 300 g/mol. The summed E-state index contributed by atoms with van der Waals surface area (Å²) in [5, 5.41) is 3.79. The number of halogens is 1. The molecule has 0 unspecified atom stereocenters. The van der Waals surface area contributed by atoms with Gasteiger partial charge in [-0.2, -0.15) is 0 Å². The van der Waals surface area contributed by atoms with E-state index in [1.807, 2.05) is 0 Å². The minimum Gasteiger partial charge on any atom is -0.297 e. The molecule has 2 aromatic carbocycles. The Morgan fingerprint density at radius 3 is 2.89 bits per heavy atom. The van der Waals surface area contributed by atoms with Crippen molar-refractivity contribution in [2.24, 2.45) is 0 Å². The van der Waals surface area contributed by atoms with Gasteiger partial charge in [0.2, 0.25) is 0 Å². The van der Waals surface area contributed by atoms with Crippen molar-refractivity contribution in [3.05, 3.63) is 69.2 Å². The fourth-order valence-electron chi connectivity index (χ4n) is 3.56. The molecule has 2 aromatic rings. The van der Waals surface area contributed by atoms with Gasteiger partial charge in [-0.25, -0.2) is 0 Å². The zero-order chi connectivity index (χ0) is 12.3. The Balaban J connectivity index is 2.04. The molecule has 2 aliphatic rings. The minimum absolute atomic E-state index is 0.0291. The topological polar surface area (TPSA) is 12.0 Å². The quantitative estimate of drug-likeness (QED) is 0.778. The predicted octanol–water partition coefficient (Wildman–Crippen LogP) is 3.91. The smallest absolute Gasteiger partial charge is 0.0673 e. The maximum Gasteiger partial charge on any atom is 0.0673 e. The molecule has 0 radical (unpaired) electrons.